The molecule has 0 amide bonds. The fourth-order valence-corrected chi connectivity index (χ4v) is 1.77. The van der Waals surface area contributed by atoms with Crippen LogP contribution in [0.2, 0.25) is 0 Å². The summed E-state index contributed by atoms with van der Waals surface area (Å²) in [6.07, 6.45) is 3.60. The summed E-state index contributed by atoms with van der Waals surface area (Å²) in [6.45, 7) is 2.66. The Kier molecular flexibility index (Phi) is 3.99. The average molecular weight is 253 g/mol. The quantitative estimate of drug-likeness (QED) is 0.910. The van der Waals surface area contributed by atoms with E-state index in [4.69, 9.17) is 10.00 Å². The lowest BCUT2D eigenvalue weighted by Gasteiger charge is -2.11. The summed E-state index contributed by atoms with van der Waals surface area (Å²) in [5, 5.41) is 12.3. The number of benzene rings is 1. The molecule has 0 bridgehead atoms. The van der Waals surface area contributed by atoms with Gasteiger partial charge in [0, 0.05) is 25.0 Å². The number of pyridine rings is 1. The summed E-state index contributed by atoms with van der Waals surface area (Å²) in [4.78, 5) is 4.10. The van der Waals surface area contributed by atoms with Crippen molar-refractivity contribution in [2.75, 3.05) is 12.4 Å². The second kappa shape index (κ2) is 5.87. The second-order valence-corrected chi connectivity index (χ2v) is 4.18. The van der Waals surface area contributed by atoms with E-state index in [9.17, 15) is 0 Å². The maximum Gasteiger partial charge on any atom is 0.121 e. The van der Waals surface area contributed by atoms with Gasteiger partial charge < -0.3 is 10.1 Å². The first-order chi connectivity index (χ1) is 9.24. The number of nitrogens with zero attached hydrogens (tertiary/aromatic N) is 2. The van der Waals surface area contributed by atoms with Crippen molar-refractivity contribution < 1.29 is 4.74 Å². The summed E-state index contributed by atoms with van der Waals surface area (Å²) in [5.74, 6) is 0.726. The highest BCUT2D eigenvalue weighted by atomic mass is 16.5. The van der Waals surface area contributed by atoms with E-state index in [1.54, 1.807) is 25.4 Å². The van der Waals surface area contributed by atoms with Crippen molar-refractivity contribution in [1.82, 2.24) is 4.98 Å². The predicted molar refractivity (Wildman–Crippen MR) is 74.0 cm³/mol. The van der Waals surface area contributed by atoms with Crippen LogP contribution in [0.1, 0.15) is 16.7 Å². The summed E-state index contributed by atoms with van der Waals surface area (Å²) < 4.78 is 5.17. The van der Waals surface area contributed by atoms with E-state index in [0.29, 0.717) is 12.1 Å². The standard InChI is InChI=1S/C15H15N3O/c1-11-5-6-17-9-13(11)10-18-15-7-14(19-2)4-3-12(15)8-16/h3-7,9,18H,10H2,1-2H3. The van der Waals surface area contributed by atoms with Crippen LogP contribution in [0.4, 0.5) is 5.69 Å². The third kappa shape index (κ3) is 3.02. The van der Waals surface area contributed by atoms with E-state index in [1.165, 1.54) is 5.56 Å². The third-order valence-corrected chi connectivity index (χ3v) is 2.96. The zero-order valence-electron chi connectivity index (χ0n) is 11.0. The van der Waals surface area contributed by atoms with Crippen molar-refractivity contribution in [2.45, 2.75) is 13.5 Å². The van der Waals surface area contributed by atoms with Crippen molar-refractivity contribution in [2.24, 2.45) is 0 Å². The van der Waals surface area contributed by atoms with Gasteiger partial charge in [0.15, 0.2) is 0 Å². The van der Waals surface area contributed by atoms with Gasteiger partial charge in [0.05, 0.1) is 18.4 Å². The molecular formula is C15H15N3O. The molecule has 0 fully saturated rings. The molecule has 0 saturated heterocycles. The van der Waals surface area contributed by atoms with Crippen molar-refractivity contribution in [1.29, 1.82) is 5.26 Å². The lowest BCUT2D eigenvalue weighted by Crippen LogP contribution is -2.03. The predicted octanol–water partition coefficient (Wildman–Crippen LogP) is 2.88. The van der Waals surface area contributed by atoms with Gasteiger partial charge in [0.1, 0.15) is 11.8 Å². The second-order valence-electron chi connectivity index (χ2n) is 4.18. The Hall–Kier alpha value is -2.54. The van der Waals surface area contributed by atoms with E-state index in [1.807, 2.05) is 25.3 Å². The summed E-state index contributed by atoms with van der Waals surface area (Å²) in [7, 11) is 1.61. The minimum absolute atomic E-state index is 0.599. The highest BCUT2D eigenvalue weighted by Crippen LogP contribution is 2.22. The van der Waals surface area contributed by atoms with Crippen LogP contribution in [0, 0.1) is 18.3 Å². The zero-order chi connectivity index (χ0) is 13.7. The number of hydrogen-bond acceptors (Lipinski definition) is 4. The number of aryl methyl sites for hydroxylation is 1. The molecule has 96 valence electrons. The monoisotopic (exact) mass is 253 g/mol. The van der Waals surface area contributed by atoms with Crippen LogP contribution in [0.3, 0.4) is 0 Å². The Morgan fingerprint density at radius 3 is 2.89 bits per heavy atom. The van der Waals surface area contributed by atoms with Crippen molar-refractivity contribution in [3.05, 3.63) is 53.3 Å². The molecule has 0 aliphatic heterocycles. The maximum atomic E-state index is 9.09. The van der Waals surface area contributed by atoms with E-state index >= 15 is 0 Å². The molecule has 2 rings (SSSR count). The highest BCUT2D eigenvalue weighted by Gasteiger charge is 2.05. The first-order valence-electron chi connectivity index (χ1n) is 5.96. The van der Waals surface area contributed by atoms with Crippen LogP contribution >= 0.6 is 0 Å². The van der Waals surface area contributed by atoms with E-state index in [0.717, 1.165) is 17.0 Å². The number of nitriles is 1. The minimum Gasteiger partial charge on any atom is -0.497 e. The molecule has 19 heavy (non-hydrogen) atoms. The van der Waals surface area contributed by atoms with Gasteiger partial charge in [-0.1, -0.05) is 0 Å². The van der Waals surface area contributed by atoms with Crippen LogP contribution in [0.5, 0.6) is 5.75 Å². The first-order valence-corrected chi connectivity index (χ1v) is 5.96. The van der Waals surface area contributed by atoms with Gasteiger partial charge >= 0.3 is 0 Å². The number of anilines is 1. The van der Waals surface area contributed by atoms with Gasteiger partial charge in [-0.05, 0) is 36.2 Å². The molecule has 0 atom stereocenters. The largest absolute Gasteiger partial charge is 0.497 e. The Morgan fingerprint density at radius 2 is 2.21 bits per heavy atom. The third-order valence-electron chi connectivity index (χ3n) is 2.96. The molecule has 1 heterocycles. The smallest absolute Gasteiger partial charge is 0.121 e. The Labute approximate surface area is 112 Å². The molecule has 0 aliphatic carbocycles. The normalized spacial score (nSPS) is 9.74. The Balaban J connectivity index is 2.19. The number of rotatable bonds is 4. The lowest BCUT2D eigenvalue weighted by molar-refractivity contribution is 0.415. The molecule has 0 unspecified atom stereocenters. The van der Waals surface area contributed by atoms with Gasteiger partial charge in [-0.15, -0.1) is 0 Å². The van der Waals surface area contributed by atoms with E-state index in [-0.39, 0.29) is 0 Å². The van der Waals surface area contributed by atoms with Gasteiger partial charge in [-0.3, -0.25) is 4.98 Å². The molecule has 0 spiro atoms. The van der Waals surface area contributed by atoms with Crippen LogP contribution < -0.4 is 10.1 Å². The van der Waals surface area contributed by atoms with E-state index in [2.05, 4.69) is 16.4 Å². The maximum absolute atomic E-state index is 9.09. The van der Waals surface area contributed by atoms with Crippen LogP contribution in [-0.2, 0) is 6.54 Å². The van der Waals surface area contributed by atoms with Crippen molar-refractivity contribution in [3.63, 3.8) is 0 Å². The van der Waals surface area contributed by atoms with Crippen LogP contribution in [-0.4, -0.2) is 12.1 Å². The fourth-order valence-electron chi connectivity index (χ4n) is 1.77. The van der Waals surface area contributed by atoms with Gasteiger partial charge in [-0.25, -0.2) is 0 Å². The molecule has 0 radical (unpaired) electrons. The molecule has 4 nitrogen and oxygen atoms in total. The lowest BCUT2D eigenvalue weighted by atomic mass is 10.1. The van der Waals surface area contributed by atoms with Crippen LogP contribution in [0.15, 0.2) is 36.7 Å². The highest BCUT2D eigenvalue weighted by molar-refractivity contribution is 5.60. The van der Waals surface area contributed by atoms with Gasteiger partial charge in [0.25, 0.3) is 0 Å². The Bertz CT molecular complexity index is 617. The van der Waals surface area contributed by atoms with Gasteiger partial charge in [-0.2, -0.15) is 5.26 Å². The molecule has 1 aromatic heterocycles. The van der Waals surface area contributed by atoms with Gasteiger partial charge in [0.2, 0.25) is 0 Å². The molecule has 1 N–H and O–H groups in total. The molecular weight excluding hydrogens is 238 g/mol. The molecule has 0 saturated carbocycles. The fraction of sp³-hybridized carbons (Fsp3) is 0.200. The average Bonchev–Trinajstić information content (AvgIpc) is 2.46. The number of ether oxygens (including phenoxy) is 1. The van der Waals surface area contributed by atoms with Crippen molar-refractivity contribution >= 4 is 5.69 Å². The summed E-state index contributed by atoms with van der Waals surface area (Å²) in [5.41, 5.74) is 3.64. The summed E-state index contributed by atoms with van der Waals surface area (Å²) in [6, 6.07) is 9.48. The zero-order valence-corrected chi connectivity index (χ0v) is 11.0. The van der Waals surface area contributed by atoms with Crippen molar-refractivity contribution in [3.8, 4) is 11.8 Å². The summed E-state index contributed by atoms with van der Waals surface area (Å²) >= 11 is 0. The van der Waals surface area contributed by atoms with Crippen LogP contribution in [0.25, 0.3) is 0 Å². The SMILES string of the molecule is COc1ccc(C#N)c(NCc2cnccc2C)c1. The number of methoxy groups -OCH3 is 1. The molecule has 1 aromatic carbocycles. The molecule has 0 aliphatic rings. The minimum atomic E-state index is 0.599. The number of hydrogen-bond donors (Lipinski definition) is 1. The number of nitrogens with one attached hydrogen (secondary N) is 1. The first kappa shape index (κ1) is 12.9. The van der Waals surface area contributed by atoms with E-state index < -0.39 is 0 Å². The topological polar surface area (TPSA) is 57.9 Å². The molecule has 2 aromatic rings. The number of aromatic nitrogens is 1. The molecule has 4 heteroatoms. The Morgan fingerprint density at radius 1 is 1.37 bits per heavy atom.